The first kappa shape index (κ1) is 23.3. The Morgan fingerprint density at radius 1 is 1.06 bits per heavy atom. The number of benzene rings is 2. The minimum Gasteiger partial charge on any atom is -0.379 e. The second-order valence-electron chi connectivity index (χ2n) is 8.41. The van der Waals surface area contributed by atoms with E-state index in [0.29, 0.717) is 31.0 Å². The van der Waals surface area contributed by atoms with E-state index in [2.05, 4.69) is 10.2 Å². The fourth-order valence-electron chi connectivity index (χ4n) is 4.18. The minimum absolute atomic E-state index is 0.0381. The van der Waals surface area contributed by atoms with E-state index in [4.69, 9.17) is 4.74 Å². The number of carbonyl (C=O) groups excluding carboxylic acids is 2. The first-order valence-electron chi connectivity index (χ1n) is 10.9. The molecule has 4 rings (SSSR count). The summed E-state index contributed by atoms with van der Waals surface area (Å²) in [5.74, 6) is -1.06. The van der Waals surface area contributed by atoms with E-state index in [1.807, 2.05) is 24.3 Å². The van der Waals surface area contributed by atoms with Crippen molar-refractivity contribution in [1.29, 1.82) is 0 Å². The fourth-order valence-corrected chi connectivity index (χ4v) is 4.18. The number of amides is 2. The van der Waals surface area contributed by atoms with Gasteiger partial charge in [0.2, 0.25) is 11.8 Å². The average Bonchev–Trinajstić information content (AvgIpc) is 3.16. The number of nitrogens with zero attached hydrogens (tertiary/aromatic N) is 2. The molecule has 2 aromatic rings. The molecule has 0 saturated carbocycles. The summed E-state index contributed by atoms with van der Waals surface area (Å²) >= 11 is 0. The van der Waals surface area contributed by atoms with Crippen molar-refractivity contribution in [2.45, 2.75) is 25.7 Å². The molecule has 2 aliphatic rings. The van der Waals surface area contributed by atoms with Crippen LogP contribution in [0, 0.1) is 5.92 Å². The van der Waals surface area contributed by atoms with Gasteiger partial charge in [-0.3, -0.25) is 14.5 Å². The topological polar surface area (TPSA) is 61.9 Å². The molecule has 0 radical (unpaired) electrons. The third-order valence-electron chi connectivity index (χ3n) is 5.99. The molecule has 2 fully saturated rings. The van der Waals surface area contributed by atoms with Crippen LogP contribution in [0.3, 0.4) is 0 Å². The molecular formula is C24H26F3N3O3. The molecule has 0 aromatic heterocycles. The van der Waals surface area contributed by atoms with Gasteiger partial charge in [0.05, 0.1) is 24.7 Å². The number of hydrogen-bond acceptors (Lipinski definition) is 4. The van der Waals surface area contributed by atoms with Crippen LogP contribution in [0.1, 0.15) is 23.1 Å². The summed E-state index contributed by atoms with van der Waals surface area (Å²) < 4.78 is 44.3. The summed E-state index contributed by atoms with van der Waals surface area (Å²) in [6.07, 6.45) is -4.40. The number of halogens is 3. The number of morpholine rings is 1. The molecule has 2 saturated heterocycles. The summed E-state index contributed by atoms with van der Waals surface area (Å²) in [7, 11) is 0. The number of rotatable bonds is 6. The van der Waals surface area contributed by atoms with E-state index in [9.17, 15) is 22.8 Å². The second-order valence-corrected chi connectivity index (χ2v) is 8.41. The van der Waals surface area contributed by atoms with Gasteiger partial charge >= 0.3 is 6.18 Å². The highest BCUT2D eigenvalue weighted by Crippen LogP contribution is 2.30. The monoisotopic (exact) mass is 461 g/mol. The third kappa shape index (κ3) is 5.91. The zero-order valence-corrected chi connectivity index (χ0v) is 18.1. The summed E-state index contributed by atoms with van der Waals surface area (Å²) in [5, 5.41) is 2.95. The van der Waals surface area contributed by atoms with E-state index >= 15 is 0 Å². The van der Waals surface area contributed by atoms with Crippen molar-refractivity contribution in [2.24, 2.45) is 5.92 Å². The number of carbonyl (C=O) groups is 2. The lowest BCUT2D eigenvalue weighted by Gasteiger charge is -2.27. The van der Waals surface area contributed by atoms with Crippen molar-refractivity contribution < 1.29 is 27.5 Å². The van der Waals surface area contributed by atoms with Gasteiger partial charge in [-0.05, 0) is 29.3 Å². The van der Waals surface area contributed by atoms with E-state index < -0.39 is 17.7 Å². The zero-order valence-electron chi connectivity index (χ0n) is 18.1. The molecule has 2 heterocycles. The van der Waals surface area contributed by atoms with Crippen LogP contribution >= 0.6 is 0 Å². The Kier molecular flexibility index (Phi) is 6.99. The van der Waals surface area contributed by atoms with Gasteiger partial charge in [0.15, 0.2) is 0 Å². The third-order valence-corrected chi connectivity index (χ3v) is 5.99. The van der Waals surface area contributed by atoms with Crippen molar-refractivity contribution in [1.82, 2.24) is 9.80 Å². The highest BCUT2D eigenvalue weighted by molar-refractivity contribution is 5.97. The van der Waals surface area contributed by atoms with Crippen LogP contribution in [0.2, 0.25) is 0 Å². The van der Waals surface area contributed by atoms with Gasteiger partial charge in [-0.15, -0.1) is 0 Å². The molecule has 2 aliphatic heterocycles. The Labute approximate surface area is 190 Å². The predicted molar refractivity (Wildman–Crippen MR) is 116 cm³/mol. The number of alkyl halides is 3. The summed E-state index contributed by atoms with van der Waals surface area (Å²) in [4.78, 5) is 29.1. The maximum atomic E-state index is 13.0. The first-order chi connectivity index (χ1) is 15.8. The lowest BCUT2D eigenvalue weighted by atomic mass is 10.1. The van der Waals surface area contributed by atoms with Crippen molar-refractivity contribution in [3.63, 3.8) is 0 Å². The van der Waals surface area contributed by atoms with Gasteiger partial charge < -0.3 is 15.0 Å². The molecule has 0 spiro atoms. The van der Waals surface area contributed by atoms with Gasteiger partial charge in [-0.25, -0.2) is 0 Å². The minimum atomic E-state index is -4.44. The van der Waals surface area contributed by atoms with Crippen molar-refractivity contribution in [3.8, 4) is 0 Å². The van der Waals surface area contributed by atoms with Crippen LogP contribution in [0.15, 0.2) is 48.5 Å². The predicted octanol–water partition coefficient (Wildman–Crippen LogP) is 3.52. The molecule has 1 N–H and O–H groups in total. The van der Waals surface area contributed by atoms with E-state index in [1.54, 1.807) is 6.07 Å². The number of para-hydroxylation sites is 1. The number of hydrogen-bond donors (Lipinski definition) is 1. The molecule has 0 aliphatic carbocycles. The maximum Gasteiger partial charge on any atom is 0.416 e. The van der Waals surface area contributed by atoms with E-state index in [-0.39, 0.29) is 31.3 Å². The molecule has 176 valence electrons. The number of anilines is 1. The van der Waals surface area contributed by atoms with Crippen LogP contribution in [-0.2, 0) is 33.6 Å². The van der Waals surface area contributed by atoms with Crippen molar-refractivity contribution >= 4 is 17.5 Å². The highest BCUT2D eigenvalue weighted by Gasteiger charge is 2.35. The zero-order chi connectivity index (χ0) is 23.4. The smallest absolute Gasteiger partial charge is 0.379 e. The van der Waals surface area contributed by atoms with Crippen LogP contribution in [0.5, 0.6) is 0 Å². The van der Waals surface area contributed by atoms with E-state index in [0.717, 1.165) is 30.8 Å². The summed E-state index contributed by atoms with van der Waals surface area (Å²) in [6.45, 7) is 3.91. The summed E-state index contributed by atoms with van der Waals surface area (Å²) in [6, 6.07) is 12.5. The first-order valence-corrected chi connectivity index (χ1v) is 10.9. The van der Waals surface area contributed by atoms with Crippen LogP contribution in [0.25, 0.3) is 0 Å². The van der Waals surface area contributed by atoms with Crippen LogP contribution in [0.4, 0.5) is 18.9 Å². The van der Waals surface area contributed by atoms with Gasteiger partial charge in [-0.2, -0.15) is 13.2 Å². The molecule has 9 heteroatoms. The van der Waals surface area contributed by atoms with Gasteiger partial charge in [0.1, 0.15) is 0 Å². The highest BCUT2D eigenvalue weighted by atomic mass is 19.4. The van der Waals surface area contributed by atoms with Crippen LogP contribution in [-0.4, -0.2) is 54.5 Å². The average molecular weight is 461 g/mol. The maximum absolute atomic E-state index is 13.0. The largest absolute Gasteiger partial charge is 0.416 e. The second kappa shape index (κ2) is 9.93. The Morgan fingerprint density at radius 2 is 1.82 bits per heavy atom. The van der Waals surface area contributed by atoms with Gasteiger partial charge in [0, 0.05) is 44.8 Å². The lowest BCUT2D eigenvalue weighted by Crippen LogP contribution is -2.36. The molecular weight excluding hydrogens is 435 g/mol. The Hall–Kier alpha value is -2.91. The standard InChI is InChI=1S/C24H26F3N3O3/c25-24(26,27)20-6-3-4-17(12-20)14-30-16-19(13-22(30)31)23(32)28-21-7-2-1-5-18(21)15-29-8-10-33-11-9-29/h1-7,12,19H,8-11,13-16H2,(H,28,32). The van der Waals surface area contributed by atoms with Gasteiger partial charge in [-0.1, -0.05) is 30.3 Å². The molecule has 1 unspecified atom stereocenters. The molecule has 33 heavy (non-hydrogen) atoms. The molecule has 6 nitrogen and oxygen atoms in total. The molecule has 2 amide bonds. The Balaban J connectivity index is 1.38. The molecule has 0 bridgehead atoms. The molecule has 1 atom stereocenters. The summed E-state index contributed by atoms with van der Waals surface area (Å²) in [5.41, 5.74) is 1.32. The number of likely N-dealkylation sites (tertiary alicyclic amines) is 1. The van der Waals surface area contributed by atoms with Crippen LogP contribution < -0.4 is 5.32 Å². The number of nitrogens with one attached hydrogen (secondary N) is 1. The number of ether oxygens (including phenoxy) is 1. The lowest BCUT2D eigenvalue weighted by molar-refractivity contribution is -0.137. The SMILES string of the molecule is O=C(Nc1ccccc1CN1CCOCC1)C1CC(=O)N(Cc2cccc(C(F)(F)F)c2)C1. The molecule has 2 aromatic carbocycles. The Bertz CT molecular complexity index is 1010. The van der Waals surface area contributed by atoms with Crippen molar-refractivity contribution in [3.05, 3.63) is 65.2 Å². The Morgan fingerprint density at radius 3 is 2.58 bits per heavy atom. The fraction of sp³-hybridized carbons (Fsp3) is 0.417. The quantitative estimate of drug-likeness (QED) is 0.715. The van der Waals surface area contributed by atoms with E-state index in [1.165, 1.54) is 11.0 Å². The van der Waals surface area contributed by atoms with Crippen molar-refractivity contribution in [2.75, 3.05) is 38.2 Å². The van der Waals surface area contributed by atoms with Gasteiger partial charge in [0.25, 0.3) is 0 Å². The normalized spacial score (nSPS) is 19.7.